The van der Waals surface area contributed by atoms with E-state index in [4.69, 9.17) is 10.5 Å². The number of guanidine groups is 1. The van der Waals surface area contributed by atoms with Gasteiger partial charge in [-0.25, -0.2) is 4.79 Å². The number of nitrogens with two attached hydrogens (primary N) is 1. The van der Waals surface area contributed by atoms with Crippen LogP contribution < -0.4 is 5.73 Å². The van der Waals surface area contributed by atoms with Gasteiger partial charge in [0, 0.05) is 57.6 Å². The molecule has 0 radical (unpaired) electrons. The molecule has 2 saturated heterocycles. The number of amides is 2. The minimum Gasteiger partial charge on any atom is -0.444 e. The number of carbonyl (C=O) groups is 2. The van der Waals surface area contributed by atoms with E-state index < -0.39 is 5.60 Å². The van der Waals surface area contributed by atoms with Crippen molar-refractivity contribution in [3.63, 3.8) is 0 Å². The molecule has 8 heteroatoms. The monoisotopic (exact) mass is 365 g/mol. The molecule has 3 fully saturated rings. The molecule has 3 aliphatic rings. The number of likely N-dealkylation sites (tertiary alicyclic amines) is 1. The molecule has 0 aromatic rings. The summed E-state index contributed by atoms with van der Waals surface area (Å²) < 4.78 is 5.40. The fraction of sp³-hybridized carbons (Fsp3) is 0.833. The minimum absolute atomic E-state index is 0.261. The summed E-state index contributed by atoms with van der Waals surface area (Å²) in [7, 11) is 0. The van der Waals surface area contributed by atoms with Gasteiger partial charge >= 0.3 is 6.09 Å². The van der Waals surface area contributed by atoms with Crippen molar-refractivity contribution in [3.8, 4) is 0 Å². The maximum Gasteiger partial charge on any atom is 0.410 e. The smallest absolute Gasteiger partial charge is 0.410 e. The van der Waals surface area contributed by atoms with Crippen LogP contribution in [0, 0.1) is 5.92 Å². The molecule has 2 amide bonds. The van der Waals surface area contributed by atoms with Gasteiger partial charge < -0.3 is 25.2 Å². The Balaban J connectivity index is 1.43. The molecule has 26 heavy (non-hydrogen) atoms. The molecule has 2 heterocycles. The van der Waals surface area contributed by atoms with Crippen molar-refractivity contribution >= 4 is 18.0 Å². The Morgan fingerprint density at radius 2 is 1.81 bits per heavy atom. The van der Waals surface area contributed by atoms with Crippen LogP contribution in [0.2, 0.25) is 0 Å². The zero-order valence-electron chi connectivity index (χ0n) is 16.1. The Bertz CT molecular complexity index is 574. The van der Waals surface area contributed by atoms with Gasteiger partial charge in [0.15, 0.2) is 5.96 Å². The lowest BCUT2D eigenvalue weighted by molar-refractivity contribution is -0.128. The average Bonchev–Trinajstić information content (AvgIpc) is 3.34. The maximum absolute atomic E-state index is 12.1. The summed E-state index contributed by atoms with van der Waals surface area (Å²) in [6.07, 6.45) is 2.59. The number of carbonyl (C=O) groups excluding carboxylic acids is 2. The number of piperazine rings is 1. The number of hydrogen-bond acceptors (Lipinski definition) is 4. The second kappa shape index (κ2) is 7.32. The van der Waals surface area contributed by atoms with Crippen molar-refractivity contribution in [2.45, 2.75) is 51.7 Å². The first-order chi connectivity index (χ1) is 12.2. The van der Waals surface area contributed by atoms with Crippen molar-refractivity contribution in [3.05, 3.63) is 0 Å². The van der Waals surface area contributed by atoms with Crippen LogP contribution in [0.3, 0.4) is 0 Å². The van der Waals surface area contributed by atoms with Gasteiger partial charge in [-0.15, -0.1) is 0 Å². The average molecular weight is 365 g/mol. The van der Waals surface area contributed by atoms with Gasteiger partial charge in [0.05, 0.1) is 0 Å². The second-order valence-corrected chi connectivity index (χ2v) is 8.50. The predicted molar refractivity (Wildman–Crippen MR) is 98.7 cm³/mol. The maximum atomic E-state index is 12.1. The molecule has 3 rings (SSSR count). The van der Waals surface area contributed by atoms with Crippen LogP contribution >= 0.6 is 0 Å². The fourth-order valence-corrected chi connectivity index (χ4v) is 3.44. The summed E-state index contributed by atoms with van der Waals surface area (Å²) in [6, 6.07) is 0.481. The quantitative estimate of drug-likeness (QED) is 0.592. The molecule has 146 valence electrons. The third-order valence-corrected chi connectivity index (χ3v) is 4.99. The molecule has 0 bridgehead atoms. The summed E-state index contributed by atoms with van der Waals surface area (Å²) in [4.78, 5) is 34.3. The first-order valence-electron chi connectivity index (χ1n) is 9.55. The Labute approximate surface area is 155 Å². The summed E-state index contributed by atoms with van der Waals surface area (Å²) in [5.74, 6) is 1.04. The van der Waals surface area contributed by atoms with Crippen LogP contribution in [0.4, 0.5) is 4.79 Å². The summed E-state index contributed by atoms with van der Waals surface area (Å²) >= 11 is 0. The number of ether oxygens (including phenoxy) is 1. The third-order valence-electron chi connectivity index (χ3n) is 4.99. The summed E-state index contributed by atoms with van der Waals surface area (Å²) in [5, 5.41) is 0. The minimum atomic E-state index is -0.484. The van der Waals surface area contributed by atoms with Crippen molar-refractivity contribution in [2.24, 2.45) is 16.6 Å². The van der Waals surface area contributed by atoms with E-state index in [9.17, 15) is 9.59 Å². The third kappa shape index (κ3) is 4.80. The second-order valence-electron chi connectivity index (χ2n) is 8.50. The predicted octanol–water partition coefficient (Wildman–Crippen LogP) is 0.865. The normalized spacial score (nSPS) is 25.0. The number of hydrogen-bond donors (Lipinski definition) is 1. The van der Waals surface area contributed by atoms with Crippen molar-refractivity contribution in [2.75, 3.05) is 39.3 Å². The Kier molecular flexibility index (Phi) is 5.29. The molecule has 0 aromatic carbocycles. The van der Waals surface area contributed by atoms with Crippen molar-refractivity contribution < 1.29 is 14.3 Å². The van der Waals surface area contributed by atoms with E-state index in [2.05, 4.69) is 4.99 Å². The van der Waals surface area contributed by atoms with Gasteiger partial charge in [0.25, 0.3) is 0 Å². The highest BCUT2D eigenvalue weighted by Crippen LogP contribution is 2.32. The molecule has 2 N–H and O–H groups in total. The lowest BCUT2D eigenvalue weighted by Crippen LogP contribution is -2.53. The largest absolute Gasteiger partial charge is 0.444 e. The highest BCUT2D eigenvalue weighted by Gasteiger charge is 2.39. The van der Waals surface area contributed by atoms with E-state index in [0.717, 1.165) is 19.4 Å². The molecule has 2 aliphatic heterocycles. The Hall–Kier alpha value is -1.99. The first kappa shape index (κ1) is 18.8. The van der Waals surface area contributed by atoms with Gasteiger partial charge in [0.1, 0.15) is 5.60 Å². The van der Waals surface area contributed by atoms with Gasteiger partial charge in [0.2, 0.25) is 5.91 Å². The van der Waals surface area contributed by atoms with Crippen molar-refractivity contribution in [1.29, 1.82) is 0 Å². The first-order valence-corrected chi connectivity index (χ1v) is 9.55. The van der Waals surface area contributed by atoms with Crippen LogP contribution in [0.15, 0.2) is 4.99 Å². The van der Waals surface area contributed by atoms with Crippen LogP contribution in [0.1, 0.15) is 40.0 Å². The van der Waals surface area contributed by atoms with E-state index in [1.807, 2.05) is 30.6 Å². The molecule has 1 atom stereocenters. The van der Waals surface area contributed by atoms with E-state index >= 15 is 0 Å². The SMILES string of the molecule is CC(C)(C)OC(=O)N1CCN(C(N)=NCC2CC(=O)N(C3CC3)C2)CC1. The van der Waals surface area contributed by atoms with Crippen LogP contribution in [0.5, 0.6) is 0 Å². The molecule has 1 aliphatic carbocycles. The van der Waals surface area contributed by atoms with Gasteiger partial charge in [-0.3, -0.25) is 9.79 Å². The van der Waals surface area contributed by atoms with E-state index in [1.165, 1.54) is 0 Å². The lowest BCUT2D eigenvalue weighted by Gasteiger charge is -2.36. The molecule has 1 saturated carbocycles. The standard InChI is InChI=1S/C18H31N5O3/c1-18(2,3)26-17(25)22-8-6-21(7-9-22)16(19)20-11-13-10-15(24)23(12-13)14-4-5-14/h13-14H,4-12H2,1-3H3,(H2,19,20). The summed E-state index contributed by atoms with van der Waals surface area (Å²) in [6.45, 7) is 9.43. The van der Waals surface area contributed by atoms with Crippen LogP contribution in [0.25, 0.3) is 0 Å². The Morgan fingerprint density at radius 3 is 2.38 bits per heavy atom. The molecular formula is C18H31N5O3. The summed E-state index contributed by atoms with van der Waals surface area (Å²) in [5.41, 5.74) is 5.65. The van der Waals surface area contributed by atoms with Crippen LogP contribution in [-0.4, -0.2) is 83.6 Å². The Morgan fingerprint density at radius 1 is 1.19 bits per heavy atom. The van der Waals surface area contributed by atoms with E-state index in [-0.39, 0.29) is 17.9 Å². The molecule has 0 aromatic heterocycles. The van der Waals surface area contributed by atoms with Gasteiger partial charge in [-0.05, 0) is 33.6 Å². The van der Waals surface area contributed by atoms with E-state index in [1.54, 1.807) is 4.90 Å². The zero-order chi connectivity index (χ0) is 18.9. The lowest BCUT2D eigenvalue weighted by atomic mass is 10.1. The number of nitrogens with zero attached hydrogens (tertiary/aromatic N) is 4. The van der Waals surface area contributed by atoms with Gasteiger partial charge in [-0.1, -0.05) is 0 Å². The molecule has 8 nitrogen and oxygen atoms in total. The number of aliphatic imine (C=N–C) groups is 1. The van der Waals surface area contributed by atoms with Crippen LogP contribution in [-0.2, 0) is 9.53 Å². The number of rotatable bonds is 3. The highest BCUT2D eigenvalue weighted by atomic mass is 16.6. The van der Waals surface area contributed by atoms with E-state index in [0.29, 0.717) is 51.1 Å². The fourth-order valence-electron chi connectivity index (χ4n) is 3.44. The highest BCUT2D eigenvalue weighted by molar-refractivity contribution is 5.80. The molecule has 1 unspecified atom stereocenters. The van der Waals surface area contributed by atoms with Gasteiger partial charge in [-0.2, -0.15) is 0 Å². The van der Waals surface area contributed by atoms with Crippen molar-refractivity contribution in [1.82, 2.24) is 14.7 Å². The zero-order valence-corrected chi connectivity index (χ0v) is 16.1. The molecule has 0 spiro atoms. The molecular weight excluding hydrogens is 334 g/mol. The topological polar surface area (TPSA) is 91.5 Å².